The molecule has 0 amide bonds. The van der Waals surface area contributed by atoms with Crippen LogP contribution in [-0.4, -0.2) is 50.5 Å². The molecule has 0 aliphatic rings. The molecule has 5 nitrogen and oxygen atoms in total. The molecule has 0 atom stereocenters. The van der Waals surface area contributed by atoms with Gasteiger partial charge in [0.1, 0.15) is 11.5 Å². The van der Waals surface area contributed by atoms with Crippen LogP contribution < -0.4 is 30.7 Å². The SMILES string of the molecule is COc1ccc([I+]c2ccc(OC)cc2)cc1.O=S(=O)([O-])C(F)(F)C(F)(F)C(F)(F)C(F)(F)F. The van der Waals surface area contributed by atoms with Crippen molar-refractivity contribution in [2.75, 3.05) is 14.2 Å². The molecule has 2 aromatic rings. The van der Waals surface area contributed by atoms with Crippen molar-refractivity contribution in [3.05, 3.63) is 55.7 Å². The molecule has 16 heteroatoms. The van der Waals surface area contributed by atoms with Crippen molar-refractivity contribution >= 4 is 10.1 Å². The third-order valence-corrected chi connectivity index (χ3v) is 7.32. The molecule has 0 bridgehead atoms. The van der Waals surface area contributed by atoms with Crippen LogP contribution in [0.3, 0.4) is 0 Å². The highest BCUT2D eigenvalue weighted by Gasteiger charge is 2.83. The van der Waals surface area contributed by atoms with Crippen LogP contribution in [0.2, 0.25) is 0 Å². The Balaban J connectivity index is 0.000000340. The minimum Gasteiger partial charge on any atom is -0.743 e. The van der Waals surface area contributed by atoms with Gasteiger partial charge in [0.2, 0.25) is 0 Å². The summed E-state index contributed by atoms with van der Waals surface area (Å²) in [6, 6.07) is 16.6. The van der Waals surface area contributed by atoms with E-state index in [-0.39, 0.29) is 21.2 Å². The van der Waals surface area contributed by atoms with Gasteiger partial charge in [-0.3, -0.25) is 0 Å². The fourth-order valence-corrected chi connectivity index (χ4v) is 4.51. The van der Waals surface area contributed by atoms with Crippen molar-refractivity contribution in [3.63, 3.8) is 0 Å². The van der Waals surface area contributed by atoms with E-state index in [2.05, 4.69) is 24.3 Å². The zero-order valence-corrected chi connectivity index (χ0v) is 19.8. The monoisotopic (exact) mass is 640 g/mol. The van der Waals surface area contributed by atoms with Gasteiger partial charge in [-0.15, -0.1) is 0 Å². The molecule has 0 spiro atoms. The quantitative estimate of drug-likeness (QED) is 0.263. The van der Waals surface area contributed by atoms with E-state index < -0.39 is 33.4 Å². The molecule has 0 unspecified atom stereocenters. The van der Waals surface area contributed by atoms with Crippen LogP contribution in [0.15, 0.2) is 48.5 Å². The molecule has 0 saturated heterocycles. The Bertz CT molecular complexity index is 995. The van der Waals surface area contributed by atoms with Gasteiger partial charge in [-0.1, -0.05) is 0 Å². The van der Waals surface area contributed by atoms with Crippen LogP contribution in [0.5, 0.6) is 11.5 Å². The number of rotatable bonds is 7. The Morgan fingerprint density at radius 3 is 1.24 bits per heavy atom. The minimum atomic E-state index is -7.43. The maximum Gasteiger partial charge on any atom is 0.460 e. The maximum atomic E-state index is 12.2. The van der Waals surface area contributed by atoms with E-state index in [4.69, 9.17) is 9.47 Å². The summed E-state index contributed by atoms with van der Waals surface area (Å²) >= 11 is -0.119. The minimum absolute atomic E-state index is 0.119. The highest BCUT2D eigenvalue weighted by Crippen LogP contribution is 2.54. The topological polar surface area (TPSA) is 75.7 Å². The van der Waals surface area contributed by atoms with Crippen molar-refractivity contribution in [1.82, 2.24) is 0 Å². The van der Waals surface area contributed by atoms with Crippen molar-refractivity contribution in [3.8, 4) is 11.5 Å². The molecule has 2 aromatic carbocycles. The summed E-state index contributed by atoms with van der Waals surface area (Å²) < 4.78 is 148. The van der Waals surface area contributed by atoms with E-state index in [1.54, 1.807) is 14.2 Å². The van der Waals surface area contributed by atoms with Crippen LogP contribution in [0.1, 0.15) is 0 Å². The number of methoxy groups -OCH3 is 2. The molecule has 0 aliphatic heterocycles. The number of hydrogen-bond acceptors (Lipinski definition) is 5. The number of alkyl halides is 9. The van der Waals surface area contributed by atoms with Gasteiger partial charge in [0.05, 0.1) is 14.2 Å². The Hall–Kier alpha value is -1.95. The van der Waals surface area contributed by atoms with E-state index in [1.165, 1.54) is 7.14 Å². The molecule has 0 heterocycles. The molecule has 0 aromatic heterocycles. The third-order valence-electron chi connectivity index (χ3n) is 3.75. The van der Waals surface area contributed by atoms with Gasteiger partial charge in [0, 0.05) is 0 Å². The van der Waals surface area contributed by atoms with Gasteiger partial charge in [-0.2, -0.15) is 39.5 Å². The van der Waals surface area contributed by atoms with Crippen LogP contribution in [0, 0.1) is 7.14 Å². The van der Waals surface area contributed by atoms with E-state index in [1.807, 2.05) is 24.3 Å². The number of halogens is 10. The third kappa shape index (κ3) is 6.59. The van der Waals surface area contributed by atoms with Crippen LogP contribution in [0.4, 0.5) is 39.5 Å². The first kappa shape index (κ1) is 30.1. The summed E-state index contributed by atoms with van der Waals surface area (Å²) in [5.41, 5.74) is 0. The van der Waals surface area contributed by atoms with Crippen molar-refractivity contribution in [2.24, 2.45) is 0 Å². The average Bonchev–Trinajstić information content (AvgIpc) is 2.73. The summed E-state index contributed by atoms with van der Waals surface area (Å²) in [7, 11) is -4.04. The molecular weight excluding hydrogens is 626 g/mol. The van der Waals surface area contributed by atoms with Gasteiger partial charge >= 0.3 is 44.5 Å². The summed E-state index contributed by atoms with van der Waals surface area (Å²) in [5.74, 6) is -13.0. The van der Waals surface area contributed by atoms with E-state index in [9.17, 15) is 52.5 Å². The normalized spacial score (nSPS) is 13.1. The van der Waals surface area contributed by atoms with Gasteiger partial charge < -0.3 is 14.0 Å². The van der Waals surface area contributed by atoms with E-state index in [0.717, 1.165) is 11.5 Å². The first-order valence-corrected chi connectivity index (χ1v) is 12.0. The summed E-state index contributed by atoms with van der Waals surface area (Å²) in [6.07, 6.45) is -7.16. The first-order valence-electron chi connectivity index (χ1n) is 8.40. The molecule has 192 valence electrons. The molecule has 0 N–H and O–H groups in total. The highest BCUT2D eigenvalue weighted by atomic mass is 127. The van der Waals surface area contributed by atoms with Crippen molar-refractivity contribution < 1.29 is 83.2 Å². The first-order chi connectivity index (χ1) is 15.3. The second-order valence-corrected chi connectivity index (χ2v) is 10.5. The van der Waals surface area contributed by atoms with E-state index in [0.29, 0.717) is 0 Å². The summed E-state index contributed by atoms with van der Waals surface area (Å²) in [5, 5.41) is -7.11. The van der Waals surface area contributed by atoms with Crippen LogP contribution >= 0.6 is 0 Å². The Labute approximate surface area is 197 Å². The molecule has 0 aliphatic carbocycles. The molecule has 2 rings (SSSR count). The predicted octanol–water partition coefficient (Wildman–Crippen LogP) is 1.79. The molecule has 0 radical (unpaired) electrons. The average molecular weight is 640 g/mol. The van der Waals surface area contributed by atoms with Crippen molar-refractivity contribution in [1.29, 1.82) is 0 Å². The van der Waals surface area contributed by atoms with E-state index >= 15 is 0 Å². The number of hydrogen-bond donors (Lipinski definition) is 0. The van der Waals surface area contributed by atoms with Gasteiger partial charge in [-0.25, -0.2) is 8.42 Å². The molecule has 34 heavy (non-hydrogen) atoms. The van der Waals surface area contributed by atoms with Gasteiger partial charge in [-0.05, 0) is 48.5 Å². The zero-order chi connectivity index (χ0) is 26.6. The fourth-order valence-electron chi connectivity index (χ4n) is 1.91. The second-order valence-electron chi connectivity index (χ2n) is 6.03. The number of ether oxygens (including phenoxy) is 2. The summed E-state index contributed by atoms with van der Waals surface area (Å²) in [4.78, 5) is 0. The Morgan fingerprint density at radius 2 is 1.00 bits per heavy atom. The largest absolute Gasteiger partial charge is 0.743 e. The molecular formula is C18H14F9IO5S. The zero-order valence-electron chi connectivity index (χ0n) is 16.8. The molecule has 0 fully saturated rings. The van der Waals surface area contributed by atoms with Crippen LogP contribution in [-0.2, 0) is 10.1 Å². The standard InChI is InChI=1S/C14H14IO2.C4HF9O3S/c1-16-13-7-3-11(4-8-13)15-12-5-9-14(17-2)10-6-12;5-1(6,3(9,10)11)2(7,8)4(12,13)17(14,15)16/h3-10H,1-2H3;(H,14,15,16)/q+1;/p-1. The maximum absolute atomic E-state index is 12.2. The fraction of sp³-hybridized carbons (Fsp3) is 0.333. The lowest BCUT2D eigenvalue weighted by Gasteiger charge is -2.34. The predicted molar refractivity (Wildman–Crippen MR) is 94.0 cm³/mol. The lowest BCUT2D eigenvalue weighted by atomic mass is 10.1. The number of benzene rings is 2. The summed E-state index contributed by atoms with van der Waals surface area (Å²) in [6.45, 7) is 0. The second kappa shape index (κ2) is 10.8. The van der Waals surface area contributed by atoms with Gasteiger partial charge in [0.15, 0.2) is 17.3 Å². The van der Waals surface area contributed by atoms with Gasteiger partial charge in [0.25, 0.3) is 0 Å². The Morgan fingerprint density at radius 1 is 0.676 bits per heavy atom. The lowest BCUT2D eigenvalue weighted by molar-refractivity contribution is -0.597. The Kier molecular flexibility index (Phi) is 9.52. The van der Waals surface area contributed by atoms with Crippen molar-refractivity contribution in [2.45, 2.75) is 23.3 Å². The van der Waals surface area contributed by atoms with Crippen LogP contribution in [0.25, 0.3) is 0 Å². The molecule has 0 saturated carbocycles. The highest BCUT2D eigenvalue weighted by molar-refractivity contribution is 7.86. The smallest absolute Gasteiger partial charge is 0.460 e. The lowest BCUT2D eigenvalue weighted by Crippen LogP contribution is -3.61.